The molecule has 0 radical (unpaired) electrons. The number of carbonyl (C=O) groups is 1. The zero-order chi connectivity index (χ0) is 14.2. The molecule has 2 heterocycles. The first-order valence-corrected chi connectivity index (χ1v) is 7.36. The lowest BCUT2D eigenvalue weighted by molar-refractivity contribution is 0.103. The number of anilines is 1. The van der Waals surface area contributed by atoms with E-state index in [0.717, 1.165) is 21.0 Å². The fraction of sp³-hybridized carbons (Fsp3) is 0. The van der Waals surface area contributed by atoms with Crippen LogP contribution in [0.5, 0.6) is 0 Å². The highest BCUT2D eigenvalue weighted by Gasteiger charge is 2.13. The Morgan fingerprint density at radius 1 is 1.10 bits per heavy atom. The van der Waals surface area contributed by atoms with Crippen LogP contribution < -0.4 is 5.32 Å². The summed E-state index contributed by atoms with van der Waals surface area (Å²) in [5.74, 6) is 0.432. The van der Waals surface area contributed by atoms with Gasteiger partial charge in [-0.3, -0.25) is 9.89 Å². The number of hydrogen-bond acceptors (Lipinski definition) is 3. The van der Waals surface area contributed by atoms with Crippen molar-refractivity contribution in [3.8, 4) is 0 Å². The normalized spacial score (nSPS) is 11.0. The molecule has 2 aromatic heterocycles. The van der Waals surface area contributed by atoms with Gasteiger partial charge in [-0.05, 0) is 29.7 Å². The van der Waals surface area contributed by atoms with Crippen LogP contribution in [0.25, 0.3) is 21.0 Å². The lowest BCUT2D eigenvalue weighted by Gasteiger charge is -1.99. The van der Waals surface area contributed by atoms with E-state index in [0.29, 0.717) is 10.7 Å². The zero-order valence-corrected chi connectivity index (χ0v) is 11.8. The van der Waals surface area contributed by atoms with Crippen LogP contribution in [0.2, 0.25) is 0 Å². The largest absolute Gasteiger partial charge is 0.304 e. The van der Waals surface area contributed by atoms with Crippen LogP contribution in [0.3, 0.4) is 0 Å². The number of rotatable bonds is 2. The molecule has 2 N–H and O–H groups in total. The highest BCUT2D eigenvalue weighted by Crippen LogP contribution is 2.27. The van der Waals surface area contributed by atoms with Crippen molar-refractivity contribution in [2.45, 2.75) is 0 Å². The minimum Gasteiger partial charge on any atom is -0.304 e. The summed E-state index contributed by atoms with van der Waals surface area (Å²) in [6.45, 7) is 0. The van der Waals surface area contributed by atoms with Gasteiger partial charge in [-0.2, -0.15) is 5.10 Å². The summed E-state index contributed by atoms with van der Waals surface area (Å²) < 4.78 is 1.11. The number of nitrogens with zero attached hydrogens (tertiary/aromatic N) is 1. The van der Waals surface area contributed by atoms with Crippen molar-refractivity contribution < 1.29 is 4.79 Å². The second kappa shape index (κ2) is 4.71. The van der Waals surface area contributed by atoms with Crippen LogP contribution in [-0.2, 0) is 0 Å². The van der Waals surface area contributed by atoms with Crippen molar-refractivity contribution in [2.75, 3.05) is 5.32 Å². The summed E-state index contributed by atoms with van der Waals surface area (Å²) in [7, 11) is 0. The topological polar surface area (TPSA) is 57.8 Å². The predicted octanol–water partition coefficient (Wildman–Crippen LogP) is 4.03. The number of carbonyl (C=O) groups excluding carboxylic acids is 1. The van der Waals surface area contributed by atoms with Gasteiger partial charge < -0.3 is 5.32 Å². The molecule has 0 bridgehead atoms. The standard InChI is InChI=1S/C16H11N3OS/c20-16(14-9-10-5-1-4-8-13(10)21-14)17-15-11-6-2-3-7-12(11)18-19-15/h1-9H,(H2,17,18,19,20). The monoisotopic (exact) mass is 293 g/mol. The third-order valence-electron chi connectivity index (χ3n) is 3.35. The molecular formula is C16H11N3OS. The molecule has 21 heavy (non-hydrogen) atoms. The lowest BCUT2D eigenvalue weighted by atomic mass is 10.2. The Bertz CT molecular complexity index is 921. The van der Waals surface area contributed by atoms with Crippen molar-refractivity contribution in [1.82, 2.24) is 10.2 Å². The highest BCUT2D eigenvalue weighted by molar-refractivity contribution is 7.20. The van der Waals surface area contributed by atoms with E-state index in [1.165, 1.54) is 11.3 Å². The molecule has 102 valence electrons. The first-order valence-electron chi connectivity index (χ1n) is 6.54. The summed E-state index contributed by atoms with van der Waals surface area (Å²) >= 11 is 1.48. The smallest absolute Gasteiger partial charge is 0.266 e. The zero-order valence-electron chi connectivity index (χ0n) is 11.0. The average molecular weight is 293 g/mol. The van der Waals surface area contributed by atoms with E-state index in [1.807, 2.05) is 54.6 Å². The Labute approximate surface area is 124 Å². The summed E-state index contributed by atoms with van der Waals surface area (Å²) in [4.78, 5) is 13.1. The van der Waals surface area contributed by atoms with E-state index in [-0.39, 0.29) is 5.91 Å². The average Bonchev–Trinajstić information content (AvgIpc) is 3.11. The number of nitrogens with one attached hydrogen (secondary N) is 2. The third-order valence-corrected chi connectivity index (χ3v) is 4.47. The number of aromatic nitrogens is 2. The molecule has 0 unspecified atom stereocenters. The van der Waals surface area contributed by atoms with Crippen LogP contribution in [0, 0.1) is 0 Å². The van der Waals surface area contributed by atoms with E-state index in [4.69, 9.17) is 0 Å². The lowest BCUT2D eigenvalue weighted by Crippen LogP contribution is -2.10. The molecule has 0 fully saturated rings. The van der Waals surface area contributed by atoms with Crippen LogP contribution in [-0.4, -0.2) is 16.1 Å². The summed E-state index contributed by atoms with van der Waals surface area (Å²) in [5, 5.41) is 11.9. The van der Waals surface area contributed by atoms with Gasteiger partial charge in [0.15, 0.2) is 5.82 Å². The molecular weight excluding hydrogens is 282 g/mol. The Kier molecular flexibility index (Phi) is 2.72. The van der Waals surface area contributed by atoms with Crippen LogP contribution in [0.4, 0.5) is 5.82 Å². The van der Waals surface area contributed by atoms with Crippen LogP contribution in [0.1, 0.15) is 9.67 Å². The van der Waals surface area contributed by atoms with E-state index < -0.39 is 0 Å². The van der Waals surface area contributed by atoms with Gasteiger partial charge in [0.25, 0.3) is 5.91 Å². The number of amides is 1. The fourth-order valence-electron chi connectivity index (χ4n) is 2.32. The summed E-state index contributed by atoms with van der Waals surface area (Å²) in [6, 6.07) is 17.6. The number of aromatic amines is 1. The van der Waals surface area contributed by atoms with Gasteiger partial charge in [-0.15, -0.1) is 11.3 Å². The maximum atomic E-state index is 12.4. The molecule has 0 spiro atoms. The van der Waals surface area contributed by atoms with Gasteiger partial charge in [0.1, 0.15) is 0 Å². The second-order valence-electron chi connectivity index (χ2n) is 4.72. The van der Waals surface area contributed by atoms with Crippen LogP contribution in [0.15, 0.2) is 54.6 Å². The molecule has 0 atom stereocenters. The number of fused-ring (bicyclic) bond motifs is 2. The Morgan fingerprint density at radius 3 is 2.81 bits per heavy atom. The number of H-pyrrole nitrogens is 1. The Morgan fingerprint density at radius 2 is 1.90 bits per heavy atom. The minimum absolute atomic E-state index is 0.131. The van der Waals surface area contributed by atoms with E-state index >= 15 is 0 Å². The molecule has 4 nitrogen and oxygen atoms in total. The van der Waals surface area contributed by atoms with E-state index in [2.05, 4.69) is 15.5 Å². The number of benzene rings is 2. The fourth-order valence-corrected chi connectivity index (χ4v) is 3.28. The van der Waals surface area contributed by atoms with Crippen molar-refractivity contribution in [3.63, 3.8) is 0 Å². The Hall–Kier alpha value is -2.66. The summed E-state index contributed by atoms with van der Waals surface area (Å²) in [5.41, 5.74) is 0.907. The van der Waals surface area contributed by atoms with Gasteiger partial charge in [0.05, 0.1) is 10.4 Å². The molecule has 0 saturated carbocycles. The van der Waals surface area contributed by atoms with Gasteiger partial charge in [-0.1, -0.05) is 30.3 Å². The van der Waals surface area contributed by atoms with E-state index in [9.17, 15) is 4.79 Å². The SMILES string of the molecule is O=C(Nc1n[nH]c2ccccc12)c1cc2ccccc2s1. The molecule has 0 saturated heterocycles. The quantitative estimate of drug-likeness (QED) is 0.586. The third kappa shape index (κ3) is 2.08. The van der Waals surface area contributed by atoms with Crippen molar-refractivity contribution in [2.24, 2.45) is 0 Å². The minimum atomic E-state index is -0.131. The predicted molar refractivity (Wildman–Crippen MR) is 85.9 cm³/mol. The maximum absolute atomic E-state index is 12.4. The highest BCUT2D eigenvalue weighted by atomic mass is 32.1. The molecule has 4 rings (SSSR count). The molecule has 0 aliphatic carbocycles. The number of para-hydroxylation sites is 1. The molecule has 4 aromatic rings. The Balaban J connectivity index is 1.69. The van der Waals surface area contributed by atoms with Gasteiger partial charge >= 0.3 is 0 Å². The number of hydrogen-bond donors (Lipinski definition) is 2. The van der Waals surface area contributed by atoms with E-state index in [1.54, 1.807) is 0 Å². The molecule has 0 aliphatic heterocycles. The second-order valence-corrected chi connectivity index (χ2v) is 5.80. The first kappa shape index (κ1) is 12.1. The number of thiophene rings is 1. The summed E-state index contributed by atoms with van der Waals surface area (Å²) in [6.07, 6.45) is 0. The van der Waals surface area contributed by atoms with Crippen molar-refractivity contribution in [3.05, 3.63) is 59.5 Å². The molecule has 5 heteroatoms. The first-order chi connectivity index (χ1) is 10.3. The van der Waals surface area contributed by atoms with Gasteiger partial charge in [0, 0.05) is 10.1 Å². The molecule has 0 aliphatic rings. The van der Waals surface area contributed by atoms with Crippen LogP contribution >= 0.6 is 11.3 Å². The molecule has 1 amide bonds. The van der Waals surface area contributed by atoms with Gasteiger partial charge in [0.2, 0.25) is 0 Å². The molecule has 2 aromatic carbocycles. The van der Waals surface area contributed by atoms with Crippen molar-refractivity contribution in [1.29, 1.82) is 0 Å². The maximum Gasteiger partial charge on any atom is 0.266 e. The van der Waals surface area contributed by atoms with Gasteiger partial charge in [-0.25, -0.2) is 0 Å². The van der Waals surface area contributed by atoms with Crippen molar-refractivity contribution >= 4 is 44.1 Å².